The van der Waals surface area contributed by atoms with Gasteiger partial charge in [-0.25, -0.2) is 9.97 Å². The van der Waals surface area contributed by atoms with Crippen LogP contribution in [0.4, 0.5) is 11.5 Å². The first kappa shape index (κ1) is 13.5. The Labute approximate surface area is 136 Å². The summed E-state index contributed by atoms with van der Waals surface area (Å²) < 4.78 is 2.84. The molecule has 1 N–H and O–H groups in total. The molecule has 3 rings (SSSR count). The summed E-state index contributed by atoms with van der Waals surface area (Å²) >= 11 is 10.4. The summed E-state index contributed by atoms with van der Waals surface area (Å²) in [5.74, 6) is 2.27. The zero-order valence-corrected chi connectivity index (χ0v) is 14.6. The van der Waals surface area contributed by atoms with Gasteiger partial charge >= 0.3 is 0 Å². The van der Waals surface area contributed by atoms with Gasteiger partial charge in [0.1, 0.15) is 16.2 Å². The van der Waals surface area contributed by atoms with Crippen LogP contribution in [0.15, 0.2) is 37.8 Å². The van der Waals surface area contributed by atoms with Crippen molar-refractivity contribution < 1.29 is 0 Å². The molecule has 0 bridgehead atoms. The molecule has 0 radical (unpaired) electrons. The molecular formula is C13H10Br3N3. The average Bonchev–Trinajstić information content (AvgIpc) is 3.16. The largest absolute Gasteiger partial charge is 0.339 e. The smallest absolute Gasteiger partial charge is 0.135 e. The fourth-order valence-electron chi connectivity index (χ4n) is 1.75. The van der Waals surface area contributed by atoms with Crippen LogP contribution in [0.2, 0.25) is 0 Å². The topological polar surface area (TPSA) is 37.8 Å². The van der Waals surface area contributed by atoms with E-state index in [9.17, 15) is 0 Å². The lowest BCUT2D eigenvalue weighted by Crippen LogP contribution is -2.00. The molecule has 2 aromatic rings. The second-order valence-corrected chi connectivity index (χ2v) is 7.04. The van der Waals surface area contributed by atoms with Crippen LogP contribution in [0.5, 0.6) is 0 Å². The van der Waals surface area contributed by atoms with Crippen molar-refractivity contribution in [2.24, 2.45) is 0 Å². The van der Waals surface area contributed by atoms with E-state index in [-0.39, 0.29) is 0 Å². The maximum atomic E-state index is 4.57. The Morgan fingerprint density at radius 1 is 1.05 bits per heavy atom. The number of anilines is 2. The Bertz CT molecular complexity index is 627. The molecule has 1 heterocycles. The molecule has 1 fully saturated rings. The summed E-state index contributed by atoms with van der Waals surface area (Å²) in [4.78, 5) is 8.99. The maximum Gasteiger partial charge on any atom is 0.135 e. The van der Waals surface area contributed by atoms with Gasteiger partial charge in [-0.2, -0.15) is 0 Å². The highest BCUT2D eigenvalue weighted by molar-refractivity contribution is 9.11. The van der Waals surface area contributed by atoms with E-state index in [0.717, 1.165) is 30.9 Å². The minimum absolute atomic E-state index is 0.534. The fraction of sp³-hybridized carbons (Fsp3) is 0.231. The van der Waals surface area contributed by atoms with Crippen LogP contribution < -0.4 is 5.32 Å². The summed E-state index contributed by atoms with van der Waals surface area (Å²) in [6.45, 7) is 0. The second kappa shape index (κ2) is 5.50. The van der Waals surface area contributed by atoms with E-state index in [1.165, 1.54) is 12.8 Å². The third kappa shape index (κ3) is 3.35. The Morgan fingerprint density at radius 3 is 2.53 bits per heavy atom. The Kier molecular flexibility index (Phi) is 3.91. The summed E-state index contributed by atoms with van der Waals surface area (Å²) in [5, 5.41) is 3.31. The summed E-state index contributed by atoms with van der Waals surface area (Å²) in [6, 6.07) is 7.88. The number of nitrogens with zero attached hydrogens (tertiary/aromatic N) is 2. The standard InChI is InChI=1S/C13H10Br3N3/c14-8-3-4-10(9(15)5-8)17-12-6-11(16)18-13(19-12)7-1-2-7/h3-7H,1-2H2,(H,17,18,19). The maximum absolute atomic E-state index is 4.57. The van der Waals surface area contributed by atoms with E-state index in [0.29, 0.717) is 5.92 Å². The summed E-state index contributed by atoms with van der Waals surface area (Å²) in [5.41, 5.74) is 0.982. The van der Waals surface area contributed by atoms with E-state index >= 15 is 0 Å². The van der Waals surface area contributed by atoms with Crippen molar-refractivity contribution in [3.63, 3.8) is 0 Å². The Morgan fingerprint density at radius 2 is 1.84 bits per heavy atom. The van der Waals surface area contributed by atoms with Gasteiger partial charge in [-0.1, -0.05) is 15.9 Å². The predicted octanol–water partition coefficient (Wildman–Crippen LogP) is 5.39. The lowest BCUT2D eigenvalue weighted by molar-refractivity contribution is 0.919. The fourth-order valence-corrected chi connectivity index (χ4v) is 3.30. The van der Waals surface area contributed by atoms with E-state index < -0.39 is 0 Å². The molecule has 1 aromatic carbocycles. The van der Waals surface area contributed by atoms with Gasteiger partial charge in [-0.15, -0.1) is 0 Å². The molecule has 1 aromatic heterocycles. The van der Waals surface area contributed by atoms with E-state index in [4.69, 9.17) is 0 Å². The quantitative estimate of drug-likeness (QED) is 0.641. The Hall–Kier alpha value is -0.460. The van der Waals surface area contributed by atoms with Gasteiger partial charge in [-0.05, 0) is 62.9 Å². The number of hydrogen-bond acceptors (Lipinski definition) is 3. The highest BCUT2D eigenvalue weighted by atomic mass is 79.9. The molecular weight excluding hydrogens is 438 g/mol. The van der Waals surface area contributed by atoms with Crippen LogP contribution in [0.3, 0.4) is 0 Å². The first-order chi connectivity index (χ1) is 9.11. The van der Waals surface area contributed by atoms with Crippen LogP contribution >= 0.6 is 47.8 Å². The number of benzene rings is 1. The number of halogens is 3. The number of rotatable bonds is 3. The van der Waals surface area contributed by atoms with Gasteiger partial charge < -0.3 is 5.32 Å². The van der Waals surface area contributed by atoms with Gasteiger partial charge in [0.05, 0.1) is 5.69 Å². The van der Waals surface area contributed by atoms with Gasteiger partial charge in [0.15, 0.2) is 0 Å². The normalized spacial score (nSPS) is 14.5. The van der Waals surface area contributed by atoms with E-state index in [1.807, 2.05) is 24.3 Å². The Balaban J connectivity index is 1.89. The second-order valence-electron chi connectivity index (χ2n) is 4.46. The van der Waals surface area contributed by atoms with Crippen molar-refractivity contribution >= 4 is 59.3 Å². The molecule has 1 saturated carbocycles. The SMILES string of the molecule is Brc1ccc(Nc2cc(Br)nc(C3CC3)n2)c(Br)c1. The molecule has 1 aliphatic rings. The third-order valence-electron chi connectivity index (χ3n) is 2.85. The molecule has 0 unspecified atom stereocenters. The highest BCUT2D eigenvalue weighted by Crippen LogP contribution is 2.39. The van der Waals surface area contributed by atoms with E-state index in [2.05, 4.69) is 63.1 Å². The third-order valence-corrected chi connectivity index (χ3v) is 4.40. The molecule has 0 atom stereocenters. The molecule has 3 nitrogen and oxygen atoms in total. The van der Waals surface area contributed by atoms with Crippen molar-refractivity contribution in [2.75, 3.05) is 5.32 Å². The van der Waals surface area contributed by atoms with Gasteiger partial charge in [-0.3, -0.25) is 0 Å². The van der Waals surface area contributed by atoms with Gasteiger partial charge in [0.2, 0.25) is 0 Å². The van der Waals surface area contributed by atoms with Crippen molar-refractivity contribution in [3.8, 4) is 0 Å². The molecule has 1 aliphatic carbocycles. The molecule has 6 heteroatoms. The minimum Gasteiger partial charge on any atom is -0.339 e. The van der Waals surface area contributed by atoms with Crippen molar-refractivity contribution in [1.29, 1.82) is 0 Å². The van der Waals surface area contributed by atoms with Crippen molar-refractivity contribution in [3.05, 3.63) is 43.6 Å². The first-order valence-corrected chi connectivity index (χ1v) is 8.26. The molecule has 0 amide bonds. The lowest BCUT2D eigenvalue weighted by Gasteiger charge is -2.09. The number of aromatic nitrogens is 2. The van der Waals surface area contributed by atoms with E-state index in [1.54, 1.807) is 0 Å². The van der Waals surface area contributed by atoms with Gasteiger partial charge in [0, 0.05) is 20.9 Å². The van der Waals surface area contributed by atoms with Crippen LogP contribution in [0.1, 0.15) is 24.6 Å². The number of nitrogens with one attached hydrogen (secondary N) is 1. The van der Waals surface area contributed by atoms with Crippen LogP contribution in [0.25, 0.3) is 0 Å². The average molecular weight is 448 g/mol. The van der Waals surface area contributed by atoms with Gasteiger partial charge in [0.25, 0.3) is 0 Å². The van der Waals surface area contributed by atoms with Crippen LogP contribution in [-0.4, -0.2) is 9.97 Å². The molecule has 98 valence electrons. The van der Waals surface area contributed by atoms with Crippen molar-refractivity contribution in [1.82, 2.24) is 9.97 Å². The molecule has 0 aliphatic heterocycles. The zero-order chi connectivity index (χ0) is 13.4. The molecule has 19 heavy (non-hydrogen) atoms. The minimum atomic E-state index is 0.534. The predicted molar refractivity (Wildman–Crippen MR) is 86.8 cm³/mol. The van der Waals surface area contributed by atoms with Crippen LogP contribution in [0, 0.1) is 0 Å². The molecule has 0 saturated heterocycles. The molecule has 0 spiro atoms. The summed E-state index contributed by atoms with van der Waals surface area (Å²) in [7, 11) is 0. The number of hydrogen-bond donors (Lipinski definition) is 1. The van der Waals surface area contributed by atoms with Crippen molar-refractivity contribution in [2.45, 2.75) is 18.8 Å². The van der Waals surface area contributed by atoms with Crippen LogP contribution in [-0.2, 0) is 0 Å². The first-order valence-electron chi connectivity index (χ1n) is 5.88. The summed E-state index contributed by atoms with van der Waals surface area (Å²) in [6.07, 6.45) is 2.38. The zero-order valence-electron chi connectivity index (χ0n) is 9.83. The lowest BCUT2D eigenvalue weighted by atomic mass is 10.3. The monoisotopic (exact) mass is 445 g/mol. The highest BCUT2D eigenvalue weighted by Gasteiger charge is 2.27.